The van der Waals surface area contributed by atoms with E-state index in [-0.39, 0.29) is 5.57 Å². The Morgan fingerprint density at radius 3 is 2.40 bits per heavy atom. The van der Waals surface area contributed by atoms with Crippen LogP contribution in [0.5, 0.6) is 5.75 Å². The van der Waals surface area contributed by atoms with E-state index in [0.29, 0.717) is 11.4 Å². The van der Waals surface area contributed by atoms with Gasteiger partial charge in [-0.15, -0.1) is 0 Å². The lowest BCUT2D eigenvalue weighted by molar-refractivity contribution is -0.122. The fourth-order valence-electron chi connectivity index (χ4n) is 3.30. The Morgan fingerprint density at radius 1 is 0.933 bits per heavy atom. The molecule has 0 spiro atoms. The summed E-state index contributed by atoms with van der Waals surface area (Å²) in [5.74, 6) is -0.673. The number of methoxy groups -OCH3 is 1. The van der Waals surface area contributed by atoms with Crippen molar-refractivity contribution in [2.24, 2.45) is 0 Å². The highest BCUT2D eigenvalue weighted by Gasteiger charge is 2.37. The molecule has 150 valence electrons. The minimum atomic E-state index is -0.765. The molecule has 0 radical (unpaired) electrons. The van der Waals surface area contributed by atoms with Crippen molar-refractivity contribution >= 4 is 29.6 Å². The summed E-state index contributed by atoms with van der Waals surface area (Å²) in [6.07, 6.45) is 3.31. The SMILES string of the molecule is COc1ccc(-n2cccc2/C=C2\C(=O)NC(=O)N(c3cccc(C)c3)C2=O)cc1. The average molecular weight is 401 g/mol. The largest absolute Gasteiger partial charge is 0.497 e. The molecule has 1 aliphatic rings. The third-order valence-electron chi connectivity index (χ3n) is 4.78. The van der Waals surface area contributed by atoms with E-state index in [4.69, 9.17) is 4.74 Å². The number of ether oxygens (including phenoxy) is 1. The van der Waals surface area contributed by atoms with Crippen LogP contribution in [-0.4, -0.2) is 29.5 Å². The first-order chi connectivity index (χ1) is 14.5. The molecule has 1 fully saturated rings. The summed E-state index contributed by atoms with van der Waals surface area (Å²) in [5, 5.41) is 2.25. The Kier molecular flexibility index (Phi) is 4.93. The number of hydrogen-bond acceptors (Lipinski definition) is 4. The maximum absolute atomic E-state index is 13.1. The number of rotatable bonds is 4. The monoisotopic (exact) mass is 401 g/mol. The molecule has 0 saturated carbocycles. The predicted molar refractivity (Wildman–Crippen MR) is 113 cm³/mol. The van der Waals surface area contributed by atoms with Crippen LogP contribution in [0.2, 0.25) is 0 Å². The Hall–Kier alpha value is -4.13. The molecule has 0 atom stereocenters. The molecule has 0 unspecified atom stereocenters. The van der Waals surface area contributed by atoms with Crippen molar-refractivity contribution in [1.29, 1.82) is 0 Å². The smallest absolute Gasteiger partial charge is 0.335 e. The van der Waals surface area contributed by atoms with Crippen LogP contribution in [0.1, 0.15) is 11.3 Å². The standard InChI is InChI=1S/C23H19N3O4/c1-15-5-3-6-18(13-15)26-22(28)20(21(27)24-23(26)29)14-17-7-4-12-25(17)16-8-10-19(30-2)11-9-16/h3-14H,1-2H3,(H,24,27,29)/b20-14+. The lowest BCUT2D eigenvalue weighted by atomic mass is 10.1. The molecule has 7 nitrogen and oxygen atoms in total. The van der Waals surface area contributed by atoms with Crippen LogP contribution in [0, 0.1) is 6.92 Å². The number of nitrogens with zero attached hydrogens (tertiary/aromatic N) is 2. The molecule has 7 heteroatoms. The van der Waals surface area contributed by atoms with Crippen LogP contribution in [0.3, 0.4) is 0 Å². The van der Waals surface area contributed by atoms with Crippen molar-refractivity contribution in [3.8, 4) is 11.4 Å². The van der Waals surface area contributed by atoms with E-state index in [9.17, 15) is 14.4 Å². The molecule has 4 rings (SSSR count). The van der Waals surface area contributed by atoms with Crippen molar-refractivity contribution in [2.45, 2.75) is 6.92 Å². The number of amides is 4. The van der Waals surface area contributed by atoms with Gasteiger partial charge < -0.3 is 9.30 Å². The van der Waals surface area contributed by atoms with Gasteiger partial charge in [-0.3, -0.25) is 14.9 Å². The van der Waals surface area contributed by atoms with Gasteiger partial charge in [0.25, 0.3) is 11.8 Å². The van der Waals surface area contributed by atoms with Gasteiger partial charge in [0.2, 0.25) is 0 Å². The number of imide groups is 2. The van der Waals surface area contributed by atoms with Gasteiger partial charge in [0.15, 0.2) is 0 Å². The van der Waals surface area contributed by atoms with E-state index in [1.165, 1.54) is 6.08 Å². The topological polar surface area (TPSA) is 80.6 Å². The number of barbiturate groups is 1. The van der Waals surface area contributed by atoms with Crippen LogP contribution in [-0.2, 0) is 9.59 Å². The van der Waals surface area contributed by atoms with Crippen LogP contribution in [0.4, 0.5) is 10.5 Å². The van der Waals surface area contributed by atoms with Gasteiger partial charge >= 0.3 is 6.03 Å². The molecule has 2 heterocycles. The first-order valence-electron chi connectivity index (χ1n) is 9.28. The van der Waals surface area contributed by atoms with Crippen molar-refractivity contribution in [3.05, 3.63) is 83.7 Å². The first kappa shape index (κ1) is 19.2. The fourth-order valence-corrected chi connectivity index (χ4v) is 3.30. The van der Waals surface area contributed by atoms with E-state index in [0.717, 1.165) is 21.9 Å². The molecule has 1 aromatic heterocycles. The number of hydrogen-bond donors (Lipinski definition) is 1. The summed E-state index contributed by atoms with van der Waals surface area (Å²) in [6, 6.07) is 17.2. The third-order valence-corrected chi connectivity index (χ3v) is 4.78. The zero-order valence-electron chi connectivity index (χ0n) is 16.5. The van der Waals surface area contributed by atoms with Crippen molar-refractivity contribution in [3.63, 3.8) is 0 Å². The number of urea groups is 1. The first-order valence-corrected chi connectivity index (χ1v) is 9.28. The van der Waals surface area contributed by atoms with Gasteiger partial charge in [0.1, 0.15) is 11.3 Å². The summed E-state index contributed by atoms with van der Waals surface area (Å²) in [5.41, 5.74) is 2.63. The second-order valence-corrected chi connectivity index (χ2v) is 6.80. The molecule has 1 aliphatic heterocycles. The number of benzene rings is 2. The van der Waals surface area contributed by atoms with Gasteiger partial charge in [0, 0.05) is 17.6 Å². The number of anilines is 1. The third kappa shape index (κ3) is 3.48. The predicted octanol–water partition coefficient (Wildman–Crippen LogP) is 3.46. The Morgan fingerprint density at radius 2 is 1.70 bits per heavy atom. The van der Waals surface area contributed by atoms with Gasteiger partial charge in [-0.2, -0.15) is 0 Å². The normalized spacial score (nSPS) is 15.5. The molecule has 1 N–H and O–H groups in total. The van der Waals surface area contributed by atoms with Gasteiger partial charge in [-0.05, 0) is 67.1 Å². The second-order valence-electron chi connectivity index (χ2n) is 6.80. The number of carbonyl (C=O) groups excluding carboxylic acids is 3. The summed E-state index contributed by atoms with van der Waals surface area (Å²) in [6.45, 7) is 1.86. The summed E-state index contributed by atoms with van der Waals surface area (Å²) >= 11 is 0. The minimum Gasteiger partial charge on any atom is -0.497 e. The van der Waals surface area contributed by atoms with Crippen LogP contribution < -0.4 is 15.0 Å². The minimum absolute atomic E-state index is 0.121. The second kappa shape index (κ2) is 7.71. The van der Waals surface area contributed by atoms with Crippen LogP contribution >= 0.6 is 0 Å². The molecular weight excluding hydrogens is 382 g/mol. The van der Waals surface area contributed by atoms with Crippen LogP contribution in [0.25, 0.3) is 11.8 Å². The zero-order valence-corrected chi connectivity index (χ0v) is 16.5. The molecule has 2 aromatic carbocycles. The fraction of sp³-hybridized carbons (Fsp3) is 0.0870. The van der Waals surface area contributed by atoms with E-state index in [1.54, 1.807) is 31.4 Å². The average Bonchev–Trinajstić information content (AvgIpc) is 3.19. The number of carbonyl (C=O) groups is 3. The van der Waals surface area contributed by atoms with Crippen LogP contribution in [0.15, 0.2) is 72.4 Å². The lowest BCUT2D eigenvalue weighted by Gasteiger charge is -2.26. The zero-order chi connectivity index (χ0) is 21.3. The van der Waals surface area contributed by atoms with E-state index < -0.39 is 17.8 Å². The molecule has 1 saturated heterocycles. The van der Waals surface area contributed by atoms with Gasteiger partial charge in [0.05, 0.1) is 12.8 Å². The maximum Gasteiger partial charge on any atom is 0.335 e. The van der Waals surface area contributed by atoms with Gasteiger partial charge in [-0.25, -0.2) is 9.69 Å². The van der Waals surface area contributed by atoms with Crippen molar-refractivity contribution in [1.82, 2.24) is 9.88 Å². The summed E-state index contributed by atoms with van der Waals surface area (Å²) in [7, 11) is 1.59. The molecule has 3 aromatic rings. The van der Waals surface area contributed by atoms with Crippen molar-refractivity contribution in [2.75, 3.05) is 12.0 Å². The molecule has 0 aliphatic carbocycles. The Balaban J connectivity index is 1.73. The number of aryl methyl sites for hydroxylation is 1. The van der Waals surface area contributed by atoms with E-state index in [1.807, 2.05) is 54.1 Å². The lowest BCUT2D eigenvalue weighted by Crippen LogP contribution is -2.54. The Bertz CT molecular complexity index is 1180. The number of aromatic nitrogens is 1. The molecule has 30 heavy (non-hydrogen) atoms. The maximum atomic E-state index is 13.1. The highest BCUT2D eigenvalue weighted by molar-refractivity contribution is 6.39. The number of nitrogens with one attached hydrogen (secondary N) is 1. The van der Waals surface area contributed by atoms with Gasteiger partial charge in [-0.1, -0.05) is 12.1 Å². The quantitative estimate of drug-likeness (QED) is 0.536. The summed E-state index contributed by atoms with van der Waals surface area (Å²) in [4.78, 5) is 38.8. The molecule has 4 amide bonds. The molecular formula is C23H19N3O4. The highest BCUT2D eigenvalue weighted by atomic mass is 16.5. The Labute approximate surface area is 173 Å². The molecule has 0 bridgehead atoms. The summed E-state index contributed by atoms with van der Waals surface area (Å²) < 4.78 is 7.02. The van der Waals surface area contributed by atoms with E-state index >= 15 is 0 Å². The van der Waals surface area contributed by atoms with E-state index in [2.05, 4.69) is 5.32 Å². The van der Waals surface area contributed by atoms with Crippen molar-refractivity contribution < 1.29 is 19.1 Å². The highest BCUT2D eigenvalue weighted by Crippen LogP contribution is 2.24.